The van der Waals surface area contributed by atoms with E-state index in [4.69, 9.17) is 0 Å². The van der Waals surface area contributed by atoms with Gasteiger partial charge in [-0.25, -0.2) is 4.98 Å². The van der Waals surface area contributed by atoms with E-state index in [1.54, 1.807) is 25.3 Å². The molecule has 1 N–H and O–H groups in total. The van der Waals surface area contributed by atoms with Crippen molar-refractivity contribution in [3.05, 3.63) is 60.4 Å². The fraction of sp³-hybridized carbons (Fsp3) is 0.250. The van der Waals surface area contributed by atoms with E-state index in [1.165, 1.54) is 0 Å². The van der Waals surface area contributed by atoms with Crippen molar-refractivity contribution in [2.75, 3.05) is 41.3 Å². The maximum atomic E-state index is 11.4. The van der Waals surface area contributed by atoms with Crippen LogP contribution in [-0.4, -0.2) is 52.1 Å². The van der Waals surface area contributed by atoms with E-state index in [1.807, 2.05) is 36.5 Å². The van der Waals surface area contributed by atoms with Crippen LogP contribution >= 0.6 is 0 Å². The molecule has 3 aromatic rings. The van der Waals surface area contributed by atoms with Crippen molar-refractivity contribution < 1.29 is 4.79 Å². The number of pyridine rings is 1. The number of carbonyl (C=O) groups is 1. The molecular weight excluding hydrogens is 354 g/mol. The van der Waals surface area contributed by atoms with Gasteiger partial charge in [0.2, 0.25) is 5.95 Å². The van der Waals surface area contributed by atoms with Gasteiger partial charge in [0.1, 0.15) is 5.82 Å². The van der Waals surface area contributed by atoms with E-state index < -0.39 is 0 Å². The van der Waals surface area contributed by atoms with Crippen molar-refractivity contribution in [1.29, 1.82) is 0 Å². The van der Waals surface area contributed by atoms with Crippen molar-refractivity contribution in [3.63, 3.8) is 0 Å². The number of nitrogens with one attached hydrogen (secondary N) is 1. The zero-order chi connectivity index (χ0) is 19.3. The summed E-state index contributed by atoms with van der Waals surface area (Å²) in [4.78, 5) is 24.8. The van der Waals surface area contributed by atoms with Gasteiger partial charge in [-0.1, -0.05) is 6.07 Å². The molecule has 0 aliphatic carbocycles. The van der Waals surface area contributed by atoms with E-state index in [-0.39, 0.29) is 5.78 Å². The molecule has 4 rings (SSSR count). The standard InChI is InChI=1S/C20H21N7O/c1-15(28)16-5-7-17(8-6-16)23-18-14-22-25-20(24-18)27-12-10-26(11-13-27)19-4-2-3-9-21-19/h2-9,14H,10-13H2,1H3,(H,23,24,25). The second-order valence-electron chi connectivity index (χ2n) is 6.56. The number of ketones is 1. The van der Waals surface area contributed by atoms with Crippen LogP contribution in [0, 0.1) is 0 Å². The van der Waals surface area contributed by atoms with Gasteiger partial charge in [-0.15, -0.1) is 5.10 Å². The highest BCUT2D eigenvalue weighted by Gasteiger charge is 2.20. The van der Waals surface area contributed by atoms with E-state index in [9.17, 15) is 4.79 Å². The summed E-state index contributed by atoms with van der Waals surface area (Å²) in [6.45, 7) is 4.86. The van der Waals surface area contributed by atoms with E-state index in [2.05, 4.69) is 35.3 Å². The molecule has 142 valence electrons. The molecule has 0 radical (unpaired) electrons. The largest absolute Gasteiger partial charge is 0.353 e. The fourth-order valence-electron chi connectivity index (χ4n) is 3.10. The summed E-state index contributed by atoms with van der Waals surface area (Å²) in [6, 6.07) is 13.2. The lowest BCUT2D eigenvalue weighted by molar-refractivity contribution is 0.101. The lowest BCUT2D eigenvalue weighted by Crippen LogP contribution is -2.47. The van der Waals surface area contributed by atoms with Gasteiger partial charge in [0.05, 0.1) is 6.20 Å². The molecule has 0 bridgehead atoms. The second kappa shape index (κ2) is 7.99. The smallest absolute Gasteiger partial charge is 0.247 e. The maximum Gasteiger partial charge on any atom is 0.247 e. The van der Waals surface area contributed by atoms with Crippen LogP contribution in [-0.2, 0) is 0 Å². The molecule has 1 aliphatic rings. The number of carbonyl (C=O) groups excluding carboxylic acids is 1. The highest BCUT2D eigenvalue weighted by Crippen LogP contribution is 2.19. The Labute approximate surface area is 163 Å². The summed E-state index contributed by atoms with van der Waals surface area (Å²) in [7, 11) is 0. The Morgan fingerprint density at radius 2 is 1.75 bits per heavy atom. The lowest BCUT2D eigenvalue weighted by Gasteiger charge is -2.35. The van der Waals surface area contributed by atoms with Crippen molar-refractivity contribution >= 4 is 29.1 Å². The Bertz CT molecular complexity index is 938. The van der Waals surface area contributed by atoms with Gasteiger partial charge >= 0.3 is 0 Å². The first-order valence-electron chi connectivity index (χ1n) is 9.18. The number of benzene rings is 1. The third kappa shape index (κ3) is 4.06. The monoisotopic (exact) mass is 375 g/mol. The summed E-state index contributed by atoms with van der Waals surface area (Å²) in [5.74, 6) is 2.26. The van der Waals surface area contributed by atoms with Crippen LogP contribution in [0.1, 0.15) is 17.3 Å². The molecule has 8 nitrogen and oxygen atoms in total. The Morgan fingerprint density at radius 1 is 1.00 bits per heavy atom. The predicted octanol–water partition coefficient (Wildman–Crippen LogP) is 2.54. The summed E-state index contributed by atoms with van der Waals surface area (Å²) in [6.07, 6.45) is 3.40. The van der Waals surface area contributed by atoms with Crippen molar-refractivity contribution in [1.82, 2.24) is 20.2 Å². The summed E-state index contributed by atoms with van der Waals surface area (Å²) < 4.78 is 0. The van der Waals surface area contributed by atoms with E-state index in [0.717, 1.165) is 37.7 Å². The SMILES string of the molecule is CC(=O)c1ccc(Nc2cnnc(N3CCN(c4ccccn4)CC3)n2)cc1. The molecule has 1 aromatic carbocycles. The number of Topliss-reactive ketones (excluding diaryl/α,β-unsaturated/α-hetero) is 1. The molecule has 0 saturated carbocycles. The molecule has 3 heterocycles. The first-order valence-corrected chi connectivity index (χ1v) is 9.18. The van der Waals surface area contributed by atoms with Crippen molar-refractivity contribution in [2.24, 2.45) is 0 Å². The third-order valence-corrected chi connectivity index (χ3v) is 4.65. The first kappa shape index (κ1) is 17.8. The minimum Gasteiger partial charge on any atom is -0.353 e. The van der Waals surface area contributed by atoms with Crippen molar-refractivity contribution in [3.8, 4) is 0 Å². The highest BCUT2D eigenvalue weighted by molar-refractivity contribution is 5.94. The average Bonchev–Trinajstić information content (AvgIpc) is 2.75. The average molecular weight is 375 g/mol. The normalized spacial score (nSPS) is 14.0. The maximum absolute atomic E-state index is 11.4. The molecular formula is C20H21N7O. The lowest BCUT2D eigenvalue weighted by atomic mass is 10.1. The van der Waals surface area contributed by atoms with Gasteiger partial charge in [-0.05, 0) is 43.3 Å². The van der Waals surface area contributed by atoms with Crippen LogP contribution in [0.2, 0.25) is 0 Å². The molecule has 2 aromatic heterocycles. The van der Waals surface area contributed by atoms with E-state index in [0.29, 0.717) is 17.3 Å². The zero-order valence-electron chi connectivity index (χ0n) is 15.6. The van der Waals surface area contributed by atoms with Crippen LogP contribution in [0.5, 0.6) is 0 Å². The minimum absolute atomic E-state index is 0.0439. The molecule has 0 spiro atoms. The molecule has 8 heteroatoms. The van der Waals surface area contributed by atoms with Crippen LogP contribution in [0.4, 0.5) is 23.3 Å². The second-order valence-corrected chi connectivity index (χ2v) is 6.56. The quantitative estimate of drug-likeness (QED) is 0.681. The van der Waals surface area contributed by atoms with Gasteiger partial charge in [0.25, 0.3) is 0 Å². The minimum atomic E-state index is 0.0439. The molecule has 0 unspecified atom stereocenters. The summed E-state index contributed by atoms with van der Waals surface area (Å²) in [5.41, 5.74) is 1.52. The van der Waals surface area contributed by atoms with Gasteiger partial charge in [0, 0.05) is 43.6 Å². The Hall–Kier alpha value is -3.55. The zero-order valence-corrected chi connectivity index (χ0v) is 15.6. The molecule has 28 heavy (non-hydrogen) atoms. The molecule has 1 aliphatic heterocycles. The van der Waals surface area contributed by atoms with Crippen LogP contribution in [0.15, 0.2) is 54.9 Å². The fourth-order valence-corrected chi connectivity index (χ4v) is 3.10. The third-order valence-electron chi connectivity index (χ3n) is 4.65. The Kier molecular flexibility index (Phi) is 5.09. The molecule has 1 saturated heterocycles. The number of anilines is 4. The molecule has 0 amide bonds. The van der Waals surface area contributed by atoms with Crippen LogP contribution in [0.25, 0.3) is 0 Å². The highest BCUT2D eigenvalue weighted by atomic mass is 16.1. The summed E-state index contributed by atoms with van der Waals surface area (Å²) >= 11 is 0. The summed E-state index contributed by atoms with van der Waals surface area (Å²) in [5, 5.41) is 11.5. The van der Waals surface area contributed by atoms with Gasteiger partial charge in [-0.3, -0.25) is 4.79 Å². The van der Waals surface area contributed by atoms with Gasteiger partial charge in [0.15, 0.2) is 11.6 Å². The molecule has 0 atom stereocenters. The number of nitrogens with zero attached hydrogens (tertiary/aromatic N) is 6. The van der Waals surface area contributed by atoms with Gasteiger partial charge < -0.3 is 15.1 Å². The number of rotatable bonds is 5. The van der Waals surface area contributed by atoms with E-state index >= 15 is 0 Å². The van der Waals surface area contributed by atoms with Crippen LogP contribution in [0.3, 0.4) is 0 Å². The topological polar surface area (TPSA) is 87.1 Å². The van der Waals surface area contributed by atoms with Crippen molar-refractivity contribution in [2.45, 2.75) is 6.92 Å². The first-order chi connectivity index (χ1) is 13.7. The predicted molar refractivity (Wildman–Crippen MR) is 108 cm³/mol. The Morgan fingerprint density at radius 3 is 2.43 bits per heavy atom. The number of piperazine rings is 1. The van der Waals surface area contributed by atoms with Gasteiger partial charge in [-0.2, -0.15) is 10.1 Å². The number of aromatic nitrogens is 4. The van der Waals surface area contributed by atoms with Crippen LogP contribution < -0.4 is 15.1 Å². The number of hydrogen-bond acceptors (Lipinski definition) is 8. The Balaban J connectivity index is 1.41. The number of hydrogen-bond donors (Lipinski definition) is 1. The molecule has 1 fully saturated rings.